The van der Waals surface area contributed by atoms with Crippen LogP contribution in [0.25, 0.3) is 0 Å². The number of aromatic carboxylic acids is 1. The Balaban J connectivity index is 1.19. The summed E-state index contributed by atoms with van der Waals surface area (Å²) in [6.07, 6.45) is 10.9. The van der Waals surface area contributed by atoms with Crippen LogP contribution in [-0.4, -0.2) is 33.5 Å². The molecule has 3 N–H and O–H groups in total. The summed E-state index contributed by atoms with van der Waals surface area (Å²) in [5.74, 6) is 3.88. The van der Waals surface area contributed by atoms with Crippen molar-refractivity contribution in [1.82, 2.24) is 0 Å². The molecule has 1 aromatic carbocycles. The van der Waals surface area contributed by atoms with Gasteiger partial charge >= 0.3 is 5.97 Å². The zero-order valence-electron chi connectivity index (χ0n) is 24.0. The van der Waals surface area contributed by atoms with Gasteiger partial charge in [0.25, 0.3) is 0 Å². The van der Waals surface area contributed by atoms with Crippen molar-refractivity contribution in [2.45, 2.75) is 110 Å². The second-order valence-corrected chi connectivity index (χ2v) is 14.8. The monoisotopic (exact) mass is 522 g/mol. The predicted molar refractivity (Wildman–Crippen MR) is 150 cm³/mol. The van der Waals surface area contributed by atoms with Crippen molar-refractivity contribution >= 4 is 5.97 Å². The highest BCUT2D eigenvalue weighted by molar-refractivity contribution is 5.89. The van der Waals surface area contributed by atoms with E-state index in [-0.39, 0.29) is 17.6 Å². The summed E-state index contributed by atoms with van der Waals surface area (Å²) >= 11 is 0. The Morgan fingerprint density at radius 2 is 1.68 bits per heavy atom. The molecule has 0 aliphatic heterocycles. The molecule has 1 aromatic rings. The first kappa shape index (κ1) is 26.8. The quantitative estimate of drug-likeness (QED) is 0.371. The van der Waals surface area contributed by atoms with Crippen molar-refractivity contribution in [3.63, 3.8) is 0 Å². The Bertz CT molecular complexity index is 1050. The zero-order chi connectivity index (χ0) is 27.0. The molecule has 38 heavy (non-hydrogen) atoms. The molecule has 6 rings (SSSR count). The predicted octanol–water partition coefficient (Wildman–Crippen LogP) is 7.14. The molecule has 5 aliphatic rings. The van der Waals surface area contributed by atoms with Gasteiger partial charge in [-0.25, -0.2) is 4.79 Å². The lowest BCUT2D eigenvalue weighted by Gasteiger charge is -2.64. The number of carbonyl (C=O) groups is 1. The lowest BCUT2D eigenvalue weighted by molar-refractivity contribution is -0.203. The van der Waals surface area contributed by atoms with Gasteiger partial charge in [-0.1, -0.05) is 52.3 Å². The van der Waals surface area contributed by atoms with E-state index in [0.29, 0.717) is 64.2 Å². The topological polar surface area (TPSA) is 77.8 Å². The molecule has 0 amide bonds. The molecule has 4 heteroatoms. The standard InChI is InChI=1S/C34H50O4/c1-5-22-29-18-21(35)12-14-34(29,4)28-13-15-33(3)26(10-11-27(33)30(28)31(22)36)19(2)16-20-17-25(20)23-8-6-7-9-24(23)32(37)38/h6-9,19-22,25-31,35-36H,5,10-18H2,1-4H3,(H,37,38)/t19-,20?,21-,22-,25?,26-,27?,28?,29+,30?,31?,33-,34-/m1/s1. The van der Waals surface area contributed by atoms with Crippen LogP contribution in [0.2, 0.25) is 0 Å². The molecule has 0 radical (unpaired) electrons. The van der Waals surface area contributed by atoms with Crippen molar-refractivity contribution in [2.24, 2.45) is 58.2 Å². The van der Waals surface area contributed by atoms with E-state index in [2.05, 4.69) is 27.7 Å². The highest BCUT2D eigenvalue weighted by Gasteiger charge is 2.65. The maximum atomic E-state index is 11.9. The minimum Gasteiger partial charge on any atom is -0.478 e. The zero-order valence-corrected chi connectivity index (χ0v) is 24.0. The van der Waals surface area contributed by atoms with Crippen LogP contribution in [0, 0.1) is 58.2 Å². The van der Waals surface area contributed by atoms with Gasteiger partial charge in [0.1, 0.15) is 0 Å². The van der Waals surface area contributed by atoms with E-state index in [1.54, 1.807) is 6.07 Å². The average Bonchev–Trinajstić information content (AvgIpc) is 3.55. The van der Waals surface area contributed by atoms with E-state index in [1.807, 2.05) is 18.2 Å². The maximum absolute atomic E-state index is 11.9. The number of aliphatic hydroxyl groups is 2. The first-order chi connectivity index (χ1) is 18.1. The van der Waals surface area contributed by atoms with Crippen molar-refractivity contribution in [2.75, 3.05) is 0 Å². The molecule has 6 unspecified atom stereocenters. The highest BCUT2D eigenvalue weighted by Crippen LogP contribution is 2.70. The van der Waals surface area contributed by atoms with E-state index in [1.165, 1.54) is 32.1 Å². The van der Waals surface area contributed by atoms with Gasteiger partial charge in [-0.3, -0.25) is 0 Å². The molecule has 0 heterocycles. The van der Waals surface area contributed by atoms with Gasteiger partial charge in [0.05, 0.1) is 17.8 Å². The fourth-order valence-corrected chi connectivity index (χ4v) is 11.5. The lowest BCUT2D eigenvalue weighted by atomic mass is 9.41. The third kappa shape index (κ3) is 4.02. The van der Waals surface area contributed by atoms with Crippen LogP contribution in [0.15, 0.2) is 24.3 Å². The first-order valence-electron chi connectivity index (χ1n) is 15.8. The number of hydrogen-bond donors (Lipinski definition) is 3. The summed E-state index contributed by atoms with van der Waals surface area (Å²) in [5.41, 5.74) is 2.07. The van der Waals surface area contributed by atoms with Gasteiger partial charge in [-0.05, 0) is 134 Å². The lowest BCUT2D eigenvalue weighted by Crippen LogP contribution is -2.62. The first-order valence-corrected chi connectivity index (χ1v) is 15.8. The van der Waals surface area contributed by atoms with Crippen LogP contribution < -0.4 is 0 Å². The van der Waals surface area contributed by atoms with Crippen molar-refractivity contribution < 1.29 is 20.1 Å². The third-order valence-corrected chi connectivity index (χ3v) is 13.3. The Morgan fingerprint density at radius 1 is 0.974 bits per heavy atom. The molecule has 0 saturated heterocycles. The fourth-order valence-electron chi connectivity index (χ4n) is 11.5. The van der Waals surface area contributed by atoms with Gasteiger partial charge in [0.2, 0.25) is 0 Å². The molecular formula is C34H50O4. The molecular weight excluding hydrogens is 472 g/mol. The fraction of sp³-hybridized carbons (Fsp3) is 0.794. The summed E-state index contributed by atoms with van der Waals surface area (Å²) in [7, 11) is 0. The van der Waals surface area contributed by atoms with Crippen molar-refractivity contribution in [3.05, 3.63) is 35.4 Å². The summed E-state index contributed by atoms with van der Waals surface area (Å²) in [6, 6.07) is 7.61. The third-order valence-electron chi connectivity index (χ3n) is 13.3. The molecule has 5 aliphatic carbocycles. The van der Waals surface area contributed by atoms with Gasteiger partial charge in [-0.15, -0.1) is 0 Å². The Kier molecular flexibility index (Phi) is 6.78. The number of fused-ring (bicyclic) bond motifs is 5. The second-order valence-electron chi connectivity index (χ2n) is 14.8. The number of carboxylic acids is 1. The summed E-state index contributed by atoms with van der Waals surface area (Å²) < 4.78 is 0. The minimum atomic E-state index is -0.804. The largest absolute Gasteiger partial charge is 0.478 e. The van der Waals surface area contributed by atoms with E-state index < -0.39 is 5.97 Å². The summed E-state index contributed by atoms with van der Waals surface area (Å²) in [4.78, 5) is 11.8. The maximum Gasteiger partial charge on any atom is 0.335 e. The number of carboxylic acid groups (broad SMARTS) is 1. The van der Waals surface area contributed by atoms with Crippen LogP contribution in [0.3, 0.4) is 0 Å². The molecule has 5 saturated carbocycles. The Hall–Kier alpha value is -1.39. The molecule has 210 valence electrons. The smallest absolute Gasteiger partial charge is 0.335 e. The summed E-state index contributed by atoms with van der Waals surface area (Å²) in [6.45, 7) is 9.81. The van der Waals surface area contributed by atoms with Gasteiger partial charge in [0.15, 0.2) is 0 Å². The average molecular weight is 523 g/mol. The highest BCUT2D eigenvalue weighted by atomic mass is 16.4. The van der Waals surface area contributed by atoms with Gasteiger partial charge < -0.3 is 15.3 Å². The molecule has 0 bridgehead atoms. The number of benzene rings is 1. The van der Waals surface area contributed by atoms with E-state index >= 15 is 0 Å². The van der Waals surface area contributed by atoms with Crippen LogP contribution in [-0.2, 0) is 0 Å². The van der Waals surface area contributed by atoms with Gasteiger partial charge in [0, 0.05) is 0 Å². The Morgan fingerprint density at radius 3 is 2.42 bits per heavy atom. The number of aliphatic hydroxyl groups excluding tert-OH is 2. The van der Waals surface area contributed by atoms with E-state index in [4.69, 9.17) is 0 Å². The number of hydrogen-bond acceptors (Lipinski definition) is 3. The molecule has 0 spiro atoms. The molecule has 13 atom stereocenters. The number of rotatable bonds is 6. The van der Waals surface area contributed by atoms with Crippen molar-refractivity contribution in [3.8, 4) is 0 Å². The van der Waals surface area contributed by atoms with Crippen LogP contribution in [0.1, 0.15) is 114 Å². The van der Waals surface area contributed by atoms with Crippen molar-refractivity contribution in [1.29, 1.82) is 0 Å². The normalized spacial score (nSPS) is 48.5. The van der Waals surface area contributed by atoms with E-state index in [9.17, 15) is 20.1 Å². The SMILES string of the molecule is CC[C@H]1C(O)C2C3CC[C@H]([C@H](C)CC4CC4c4ccccc4C(=O)O)[C@@]3(C)CCC2[C@@]2(C)CC[C@@H](O)C[C@@H]12. The Labute approximate surface area is 229 Å². The molecule has 4 nitrogen and oxygen atoms in total. The van der Waals surface area contributed by atoms with Crippen LogP contribution >= 0.6 is 0 Å². The molecule has 5 fully saturated rings. The van der Waals surface area contributed by atoms with Crippen LogP contribution in [0.4, 0.5) is 0 Å². The minimum absolute atomic E-state index is 0.190. The van der Waals surface area contributed by atoms with E-state index in [0.717, 1.165) is 37.7 Å². The van der Waals surface area contributed by atoms with Gasteiger partial charge in [-0.2, -0.15) is 0 Å². The molecule has 0 aromatic heterocycles. The summed E-state index contributed by atoms with van der Waals surface area (Å²) in [5, 5.41) is 32.2. The van der Waals surface area contributed by atoms with Crippen LogP contribution in [0.5, 0.6) is 0 Å². The second kappa shape index (κ2) is 9.61.